The first-order valence-corrected chi connectivity index (χ1v) is 8.60. The number of hydrogen-bond donors (Lipinski definition) is 2. The van der Waals surface area contributed by atoms with Crippen LogP contribution >= 0.6 is 11.3 Å². The molecule has 126 valence electrons. The van der Waals surface area contributed by atoms with E-state index in [1.165, 1.54) is 0 Å². The fourth-order valence-electron chi connectivity index (χ4n) is 2.58. The van der Waals surface area contributed by atoms with Gasteiger partial charge < -0.3 is 20.3 Å². The van der Waals surface area contributed by atoms with Crippen molar-refractivity contribution in [3.8, 4) is 0 Å². The summed E-state index contributed by atoms with van der Waals surface area (Å²) in [5.41, 5.74) is 8.32. The highest BCUT2D eigenvalue weighted by atomic mass is 32.1. The number of nitrogens with two attached hydrogens (primary N) is 1. The van der Waals surface area contributed by atoms with E-state index in [4.69, 9.17) is 20.3 Å². The zero-order chi connectivity index (χ0) is 16.9. The number of allylic oxidation sites excluding steroid dienone is 1. The van der Waals surface area contributed by atoms with Gasteiger partial charge >= 0.3 is 0 Å². The standard InChI is InChI=1S/C18H19NO4S/c19-18(21)16-7-15(14-5-6-24-11-14)8-17(23-16)22-10-13-3-1-12(9-20)2-4-13/h1-7,11,15,17,20H,8-10H2,(H2,19,21)/t15-,17+/m0/s1. The van der Waals surface area contributed by atoms with Gasteiger partial charge in [0.05, 0.1) is 13.2 Å². The zero-order valence-corrected chi connectivity index (χ0v) is 13.9. The Bertz CT molecular complexity index is 709. The highest BCUT2D eigenvalue weighted by Gasteiger charge is 2.27. The first-order chi connectivity index (χ1) is 11.7. The van der Waals surface area contributed by atoms with Gasteiger partial charge in [0.1, 0.15) is 0 Å². The van der Waals surface area contributed by atoms with Crippen LogP contribution in [-0.4, -0.2) is 17.3 Å². The fraction of sp³-hybridized carbons (Fsp3) is 0.278. The molecule has 1 aromatic carbocycles. The number of aliphatic hydroxyl groups is 1. The Morgan fingerprint density at radius 2 is 2.04 bits per heavy atom. The van der Waals surface area contributed by atoms with Gasteiger partial charge in [-0.15, -0.1) is 0 Å². The molecule has 3 rings (SSSR count). The topological polar surface area (TPSA) is 81.8 Å². The minimum atomic E-state index is -0.587. The molecule has 2 atom stereocenters. The Balaban J connectivity index is 1.66. The molecular formula is C18H19NO4S. The van der Waals surface area contributed by atoms with Crippen LogP contribution in [0.3, 0.4) is 0 Å². The van der Waals surface area contributed by atoms with Crippen LogP contribution in [0.2, 0.25) is 0 Å². The largest absolute Gasteiger partial charge is 0.459 e. The molecule has 1 amide bonds. The molecule has 5 nitrogen and oxygen atoms in total. The number of primary amides is 1. The van der Waals surface area contributed by atoms with E-state index in [9.17, 15) is 4.79 Å². The van der Waals surface area contributed by atoms with Gasteiger partial charge in [-0.1, -0.05) is 24.3 Å². The van der Waals surface area contributed by atoms with Crippen molar-refractivity contribution in [1.29, 1.82) is 0 Å². The SMILES string of the molecule is NC(=O)C1=C[C@H](c2ccsc2)C[C@H](OCc2ccc(CO)cc2)O1. The van der Waals surface area contributed by atoms with Crippen molar-refractivity contribution in [2.24, 2.45) is 5.73 Å². The lowest BCUT2D eigenvalue weighted by atomic mass is 9.95. The Labute approximate surface area is 144 Å². The van der Waals surface area contributed by atoms with Crippen molar-refractivity contribution in [3.05, 3.63) is 69.6 Å². The monoisotopic (exact) mass is 345 g/mol. The highest BCUT2D eigenvalue weighted by Crippen LogP contribution is 2.32. The van der Waals surface area contributed by atoms with Crippen LogP contribution in [0.25, 0.3) is 0 Å². The second-order valence-corrected chi connectivity index (χ2v) is 6.41. The average molecular weight is 345 g/mol. The summed E-state index contributed by atoms with van der Waals surface area (Å²) < 4.78 is 11.4. The maximum absolute atomic E-state index is 11.5. The van der Waals surface area contributed by atoms with Crippen molar-refractivity contribution in [2.45, 2.75) is 31.8 Å². The Hall–Kier alpha value is -2.15. The van der Waals surface area contributed by atoms with Crippen LogP contribution in [-0.2, 0) is 27.5 Å². The normalized spacial score (nSPS) is 20.3. The van der Waals surface area contributed by atoms with Gasteiger partial charge in [0, 0.05) is 12.3 Å². The zero-order valence-electron chi connectivity index (χ0n) is 13.1. The minimum absolute atomic E-state index is 0.0158. The molecule has 1 aromatic heterocycles. The molecule has 3 N–H and O–H groups in total. The van der Waals surface area contributed by atoms with E-state index in [0.29, 0.717) is 13.0 Å². The molecule has 1 aliphatic heterocycles. The third kappa shape index (κ3) is 4.03. The van der Waals surface area contributed by atoms with Gasteiger partial charge in [-0.3, -0.25) is 4.79 Å². The fourth-order valence-corrected chi connectivity index (χ4v) is 3.30. The average Bonchev–Trinajstić information content (AvgIpc) is 3.15. The summed E-state index contributed by atoms with van der Waals surface area (Å²) in [6, 6.07) is 9.53. The predicted molar refractivity (Wildman–Crippen MR) is 91.0 cm³/mol. The summed E-state index contributed by atoms with van der Waals surface area (Å²) in [6.45, 7) is 0.376. The summed E-state index contributed by atoms with van der Waals surface area (Å²) in [6.07, 6.45) is 1.86. The molecule has 0 aliphatic carbocycles. The van der Waals surface area contributed by atoms with E-state index in [1.54, 1.807) is 17.4 Å². The van der Waals surface area contributed by atoms with Crippen LogP contribution in [0, 0.1) is 0 Å². The van der Waals surface area contributed by atoms with Crippen molar-refractivity contribution < 1.29 is 19.4 Å². The van der Waals surface area contributed by atoms with Crippen molar-refractivity contribution in [3.63, 3.8) is 0 Å². The molecule has 0 radical (unpaired) electrons. The quantitative estimate of drug-likeness (QED) is 0.843. The molecule has 0 spiro atoms. The third-order valence-corrected chi connectivity index (χ3v) is 4.61. The lowest BCUT2D eigenvalue weighted by Gasteiger charge is -2.28. The van der Waals surface area contributed by atoms with Gasteiger partial charge in [-0.25, -0.2) is 0 Å². The van der Waals surface area contributed by atoms with Crippen LogP contribution in [0.4, 0.5) is 0 Å². The van der Waals surface area contributed by atoms with E-state index in [-0.39, 0.29) is 18.3 Å². The van der Waals surface area contributed by atoms with Gasteiger partial charge in [0.2, 0.25) is 6.29 Å². The number of carbonyl (C=O) groups is 1. The molecule has 24 heavy (non-hydrogen) atoms. The van der Waals surface area contributed by atoms with Gasteiger partial charge in [-0.2, -0.15) is 11.3 Å². The highest BCUT2D eigenvalue weighted by molar-refractivity contribution is 7.08. The van der Waals surface area contributed by atoms with E-state index in [1.807, 2.05) is 35.7 Å². The number of thiophene rings is 1. The van der Waals surface area contributed by atoms with Crippen molar-refractivity contribution in [2.75, 3.05) is 0 Å². The first kappa shape index (κ1) is 16.7. The van der Waals surface area contributed by atoms with Crippen LogP contribution in [0.5, 0.6) is 0 Å². The Morgan fingerprint density at radius 3 is 2.67 bits per heavy atom. The lowest BCUT2D eigenvalue weighted by Crippen LogP contribution is -2.29. The molecule has 1 aliphatic rings. The van der Waals surface area contributed by atoms with Crippen molar-refractivity contribution >= 4 is 17.2 Å². The van der Waals surface area contributed by atoms with Crippen LogP contribution in [0.1, 0.15) is 29.0 Å². The number of aliphatic hydroxyl groups excluding tert-OH is 1. The lowest BCUT2D eigenvalue weighted by molar-refractivity contribution is -0.148. The summed E-state index contributed by atoms with van der Waals surface area (Å²) in [5, 5.41) is 13.1. The number of carbonyl (C=O) groups excluding carboxylic acids is 1. The maximum atomic E-state index is 11.5. The van der Waals surface area contributed by atoms with Crippen molar-refractivity contribution in [1.82, 2.24) is 0 Å². The van der Waals surface area contributed by atoms with E-state index in [0.717, 1.165) is 16.7 Å². The predicted octanol–water partition coefficient (Wildman–Crippen LogP) is 2.66. The maximum Gasteiger partial charge on any atom is 0.283 e. The summed E-state index contributed by atoms with van der Waals surface area (Å²) in [7, 11) is 0. The summed E-state index contributed by atoms with van der Waals surface area (Å²) >= 11 is 1.61. The first-order valence-electron chi connectivity index (χ1n) is 7.66. The molecule has 0 saturated heterocycles. The number of amides is 1. The summed E-state index contributed by atoms with van der Waals surface area (Å²) in [4.78, 5) is 11.5. The molecule has 6 heteroatoms. The smallest absolute Gasteiger partial charge is 0.283 e. The molecule has 0 saturated carbocycles. The van der Waals surface area contributed by atoms with Gasteiger partial charge in [0.25, 0.3) is 5.91 Å². The summed E-state index contributed by atoms with van der Waals surface area (Å²) in [5.74, 6) is -0.386. The van der Waals surface area contributed by atoms with Crippen LogP contribution < -0.4 is 5.73 Å². The van der Waals surface area contributed by atoms with E-state index < -0.39 is 12.2 Å². The molecule has 0 fully saturated rings. The van der Waals surface area contributed by atoms with Crippen LogP contribution in [0.15, 0.2) is 52.9 Å². The second-order valence-electron chi connectivity index (χ2n) is 5.63. The molecule has 2 heterocycles. The third-order valence-electron chi connectivity index (χ3n) is 3.91. The second kappa shape index (κ2) is 7.61. The van der Waals surface area contributed by atoms with Gasteiger partial charge in [-0.05, 0) is 39.6 Å². The van der Waals surface area contributed by atoms with E-state index in [2.05, 4.69) is 5.38 Å². The number of benzene rings is 1. The van der Waals surface area contributed by atoms with E-state index >= 15 is 0 Å². The number of ether oxygens (including phenoxy) is 2. The molecular weight excluding hydrogens is 326 g/mol. The Kier molecular flexibility index (Phi) is 5.30. The molecule has 2 aromatic rings. The Morgan fingerprint density at radius 1 is 1.29 bits per heavy atom. The number of rotatable bonds is 6. The minimum Gasteiger partial charge on any atom is -0.459 e. The van der Waals surface area contributed by atoms with Gasteiger partial charge in [0.15, 0.2) is 5.76 Å². The number of hydrogen-bond acceptors (Lipinski definition) is 5. The molecule has 0 bridgehead atoms. The molecule has 0 unspecified atom stereocenters.